The number of likely N-dealkylation sites (tertiary alicyclic amines) is 1. The maximum atomic E-state index is 12.4. The van der Waals surface area contributed by atoms with Gasteiger partial charge in [-0.3, -0.25) is 9.59 Å². The molecule has 1 aliphatic rings. The largest absolute Gasteiger partial charge is 0.497 e. The number of hydrogen-bond donors (Lipinski definition) is 1. The first-order valence-electron chi connectivity index (χ1n) is 9.29. The van der Waals surface area contributed by atoms with Crippen molar-refractivity contribution in [2.75, 3.05) is 20.2 Å². The second-order valence-electron chi connectivity index (χ2n) is 7.05. The molecule has 3 rings (SSSR count). The highest BCUT2D eigenvalue weighted by molar-refractivity contribution is 5.89. The highest BCUT2D eigenvalue weighted by Gasteiger charge is 2.33. The van der Waals surface area contributed by atoms with E-state index in [1.165, 1.54) is 5.56 Å². The maximum absolute atomic E-state index is 12.4. The predicted molar refractivity (Wildman–Crippen MR) is 104 cm³/mol. The van der Waals surface area contributed by atoms with Gasteiger partial charge in [0, 0.05) is 26.1 Å². The minimum atomic E-state index is -0.270. The molecule has 1 unspecified atom stereocenters. The summed E-state index contributed by atoms with van der Waals surface area (Å²) in [6.07, 6.45) is 1.04. The molecule has 0 aliphatic carbocycles. The Kier molecular flexibility index (Phi) is 6.12. The second kappa shape index (κ2) is 8.71. The predicted octanol–water partition coefficient (Wildman–Crippen LogP) is 2.71. The zero-order valence-electron chi connectivity index (χ0n) is 15.9. The number of nitrogens with zero attached hydrogens (tertiary/aromatic N) is 1. The van der Waals surface area contributed by atoms with Crippen molar-refractivity contribution >= 4 is 11.8 Å². The van der Waals surface area contributed by atoms with Crippen molar-refractivity contribution in [3.8, 4) is 5.75 Å². The lowest BCUT2D eigenvalue weighted by Crippen LogP contribution is -2.33. The van der Waals surface area contributed by atoms with E-state index in [1.807, 2.05) is 55.5 Å². The highest BCUT2D eigenvalue weighted by Crippen LogP contribution is 2.20. The molecule has 0 aromatic heterocycles. The average Bonchev–Trinajstić information content (AvgIpc) is 3.06. The van der Waals surface area contributed by atoms with Crippen LogP contribution in [0.5, 0.6) is 5.75 Å². The number of ether oxygens (including phenoxy) is 1. The Morgan fingerprint density at radius 3 is 2.70 bits per heavy atom. The molecular weight excluding hydrogens is 340 g/mol. The molecule has 1 aliphatic heterocycles. The van der Waals surface area contributed by atoms with Gasteiger partial charge >= 0.3 is 0 Å². The molecule has 27 heavy (non-hydrogen) atoms. The van der Waals surface area contributed by atoms with Gasteiger partial charge in [-0.25, -0.2) is 0 Å². The maximum Gasteiger partial charge on any atom is 0.225 e. The van der Waals surface area contributed by atoms with Crippen LogP contribution in [0.15, 0.2) is 48.5 Å². The first-order valence-corrected chi connectivity index (χ1v) is 9.29. The van der Waals surface area contributed by atoms with Crippen LogP contribution >= 0.6 is 0 Å². The Bertz CT molecular complexity index is 801. The Hall–Kier alpha value is -2.82. The SMILES string of the molecule is COc1cccc(CCN2CC(C(=O)NCc3ccc(C)cc3)CC2=O)c1. The Labute approximate surface area is 160 Å². The van der Waals surface area contributed by atoms with E-state index < -0.39 is 0 Å². The molecule has 2 aromatic carbocycles. The number of benzene rings is 2. The zero-order valence-corrected chi connectivity index (χ0v) is 15.9. The van der Waals surface area contributed by atoms with Crippen molar-refractivity contribution in [2.24, 2.45) is 5.92 Å². The lowest BCUT2D eigenvalue weighted by molar-refractivity contribution is -0.129. The third-order valence-corrected chi connectivity index (χ3v) is 4.98. The van der Waals surface area contributed by atoms with Crippen molar-refractivity contribution in [1.82, 2.24) is 10.2 Å². The molecule has 0 radical (unpaired) electrons. The average molecular weight is 366 g/mol. The minimum absolute atomic E-state index is 0.0483. The van der Waals surface area contributed by atoms with Gasteiger partial charge in [0.05, 0.1) is 13.0 Å². The standard InChI is InChI=1S/C22H26N2O3/c1-16-6-8-18(9-7-16)14-23-22(26)19-13-21(25)24(15-19)11-10-17-4-3-5-20(12-17)27-2/h3-9,12,19H,10-11,13-15H2,1-2H3,(H,23,26). The third-order valence-electron chi connectivity index (χ3n) is 4.98. The minimum Gasteiger partial charge on any atom is -0.497 e. The number of carbonyl (C=O) groups excluding carboxylic acids is 2. The van der Waals surface area contributed by atoms with E-state index in [2.05, 4.69) is 5.32 Å². The molecular formula is C22H26N2O3. The summed E-state index contributed by atoms with van der Waals surface area (Å²) in [7, 11) is 1.64. The summed E-state index contributed by atoms with van der Waals surface area (Å²) in [6, 6.07) is 15.9. The molecule has 1 fully saturated rings. The van der Waals surface area contributed by atoms with E-state index in [4.69, 9.17) is 4.74 Å². The van der Waals surface area contributed by atoms with Crippen LogP contribution in [0.4, 0.5) is 0 Å². The Morgan fingerprint density at radius 2 is 1.96 bits per heavy atom. The fourth-order valence-corrected chi connectivity index (χ4v) is 3.30. The number of nitrogens with one attached hydrogen (secondary N) is 1. The van der Waals surface area contributed by atoms with Gasteiger partial charge in [0.1, 0.15) is 5.75 Å². The lowest BCUT2D eigenvalue weighted by Gasteiger charge is -2.17. The van der Waals surface area contributed by atoms with Crippen LogP contribution in [0, 0.1) is 12.8 Å². The lowest BCUT2D eigenvalue weighted by atomic mass is 10.1. The monoisotopic (exact) mass is 366 g/mol. The zero-order chi connectivity index (χ0) is 19.2. The number of amides is 2. The third kappa shape index (κ3) is 5.09. The van der Waals surface area contributed by atoms with Crippen molar-refractivity contribution in [3.63, 3.8) is 0 Å². The summed E-state index contributed by atoms with van der Waals surface area (Å²) in [6.45, 7) is 3.64. The highest BCUT2D eigenvalue weighted by atomic mass is 16.5. The molecule has 1 saturated heterocycles. The number of carbonyl (C=O) groups is 2. The van der Waals surface area contributed by atoms with Crippen LogP contribution in [-0.4, -0.2) is 36.9 Å². The van der Waals surface area contributed by atoms with Crippen LogP contribution in [0.3, 0.4) is 0 Å². The summed E-state index contributed by atoms with van der Waals surface area (Å²) in [4.78, 5) is 26.5. The number of hydrogen-bond acceptors (Lipinski definition) is 3. The molecule has 5 heteroatoms. The molecule has 0 bridgehead atoms. The quantitative estimate of drug-likeness (QED) is 0.820. The molecule has 2 aromatic rings. The fourth-order valence-electron chi connectivity index (χ4n) is 3.30. The number of rotatable bonds is 7. The topological polar surface area (TPSA) is 58.6 Å². The molecule has 142 valence electrons. The molecule has 5 nitrogen and oxygen atoms in total. The number of methoxy groups -OCH3 is 1. The Balaban J connectivity index is 1.48. The summed E-state index contributed by atoms with van der Waals surface area (Å²) in [5.41, 5.74) is 3.38. The summed E-state index contributed by atoms with van der Waals surface area (Å²) >= 11 is 0. The van der Waals surface area contributed by atoms with E-state index in [9.17, 15) is 9.59 Å². The van der Waals surface area contributed by atoms with E-state index in [1.54, 1.807) is 12.0 Å². The van der Waals surface area contributed by atoms with Crippen LogP contribution in [0.1, 0.15) is 23.1 Å². The second-order valence-corrected chi connectivity index (χ2v) is 7.05. The van der Waals surface area contributed by atoms with Gasteiger partial charge in [0.15, 0.2) is 0 Å². The normalized spacial score (nSPS) is 16.4. The van der Waals surface area contributed by atoms with Gasteiger partial charge in [-0.2, -0.15) is 0 Å². The molecule has 2 amide bonds. The van der Waals surface area contributed by atoms with E-state index >= 15 is 0 Å². The van der Waals surface area contributed by atoms with E-state index in [-0.39, 0.29) is 24.2 Å². The van der Waals surface area contributed by atoms with Crippen LogP contribution in [0.2, 0.25) is 0 Å². The van der Waals surface area contributed by atoms with Gasteiger partial charge in [-0.05, 0) is 36.6 Å². The van der Waals surface area contributed by atoms with Crippen LogP contribution in [0.25, 0.3) is 0 Å². The molecule has 1 N–H and O–H groups in total. The van der Waals surface area contributed by atoms with Crippen LogP contribution in [-0.2, 0) is 22.6 Å². The first kappa shape index (κ1) is 19.0. The van der Waals surface area contributed by atoms with E-state index in [0.717, 1.165) is 23.3 Å². The van der Waals surface area contributed by atoms with Crippen molar-refractivity contribution in [3.05, 3.63) is 65.2 Å². The summed E-state index contributed by atoms with van der Waals surface area (Å²) < 4.78 is 5.23. The molecule has 0 saturated carbocycles. The van der Waals surface area contributed by atoms with Crippen molar-refractivity contribution in [2.45, 2.75) is 26.3 Å². The smallest absolute Gasteiger partial charge is 0.225 e. The van der Waals surface area contributed by atoms with Gasteiger partial charge in [-0.15, -0.1) is 0 Å². The Morgan fingerprint density at radius 1 is 1.19 bits per heavy atom. The first-order chi connectivity index (χ1) is 13.0. The van der Waals surface area contributed by atoms with Gasteiger partial charge in [0.2, 0.25) is 11.8 Å². The fraction of sp³-hybridized carbons (Fsp3) is 0.364. The molecule has 1 heterocycles. The number of aryl methyl sites for hydroxylation is 1. The van der Waals surface area contributed by atoms with Gasteiger partial charge in [0.25, 0.3) is 0 Å². The van der Waals surface area contributed by atoms with Crippen molar-refractivity contribution in [1.29, 1.82) is 0 Å². The van der Waals surface area contributed by atoms with Crippen LogP contribution < -0.4 is 10.1 Å². The summed E-state index contributed by atoms with van der Waals surface area (Å²) in [5, 5.41) is 2.96. The van der Waals surface area contributed by atoms with Gasteiger partial charge < -0.3 is 15.0 Å². The van der Waals surface area contributed by atoms with Gasteiger partial charge in [-0.1, -0.05) is 42.0 Å². The summed E-state index contributed by atoms with van der Waals surface area (Å²) in [5.74, 6) is 0.544. The molecule has 0 spiro atoms. The molecule has 1 atom stereocenters. The van der Waals surface area contributed by atoms with Crippen molar-refractivity contribution < 1.29 is 14.3 Å². The van der Waals surface area contributed by atoms with E-state index in [0.29, 0.717) is 19.6 Å².